The lowest BCUT2D eigenvalue weighted by molar-refractivity contribution is 0.0938. The summed E-state index contributed by atoms with van der Waals surface area (Å²) in [6.07, 6.45) is 3.43. The van der Waals surface area contributed by atoms with Crippen molar-refractivity contribution in [2.75, 3.05) is 11.9 Å². The second kappa shape index (κ2) is 8.62. The normalized spacial score (nSPS) is 12.2. The van der Waals surface area contributed by atoms with Crippen molar-refractivity contribution in [1.29, 1.82) is 0 Å². The molecule has 0 fully saturated rings. The number of hydrogen-bond donors (Lipinski definition) is 2. The number of nitrogens with one attached hydrogen (secondary N) is 2. The van der Waals surface area contributed by atoms with Crippen molar-refractivity contribution in [2.45, 2.75) is 53.0 Å². The lowest BCUT2D eigenvalue weighted by atomic mass is 10.0. The molecule has 1 amide bonds. The minimum atomic E-state index is 0.0186. The molecule has 0 saturated heterocycles. The molecule has 0 radical (unpaired) electrons. The molecule has 0 aliphatic rings. The van der Waals surface area contributed by atoms with E-state index in [1.807, 2.05) is 24.3 Å². The van der Waals surface area contributed by atoms with Crippen LogP contribution in [-0.4, -0.2) is 18.5 Å². The second-order valence-electron chi connectivity index (χ2n) is 5.81. The molecule has 0 aromatic heterocycles. The minimum absolute atomic E-state index is 0.0186. The van der Waals surface area contributed by atoms with Gasteiger partial charge in [0.05, 0.1) is 0 Å². The summed E-state index contributed by atoms with van der Waals surface area (Å²) in [6.45, 7) is 9.48. The Labute approximate surface area is 123 Å². The van der Waals surface area contributed by atoms with E-state index in [1.165, 1.54) is 12.8 Å². The Bertz CT molecular complexity index is 398. The number of anilines is 1. The third-order valence-corrected chi connectivity index (χ3v) is 3.32. The molecule has 1 aromatic carbocycles. The van der Waals surface area contributed by atoms with Gasteiger partial charge in [-0.15, -0.1) is 0 Å². The zero-order chi connectivity index (χ0) is 15.0. The van der Waals surface area contributed by atoms with E-state index in [4.69, 9.17) is 0 Å². The zero-order valence-electron chi connectivity index (χ0n) is 13.2. The first kappa shape index (κ1) is 16.5. The van der Waals surface area contributed by atoms with Gasteiger partial charge in [0.2, 0.25) is 0 Å². The first-order chi connectivity index (χ1) is 9.52. The van der Waals surface area contributed by atoms with E-state index in [0.717, 1.165) is 30.1 Å². The summed E-state index contributed by atoms with van der Waals surface area (Å²) in [5.41, 5.74) is 1.77. The first-order valence-corrected chi connectivity index (χ1v) is 7.67. The smallest absolute Gasteiger partial charge is 0.251 e. The van der Waals surface area contributed by atoms with Gasteiger partial charge in [0, 0.05) is 23.8 Å². The van der Waals surface area contributed by atoms with Crippen molar-refractivity contribution in [2.24, 2.45) is 5.92 Å². The summed E-state index contributed by atoms with van der Waals surface area (Å²) in [7, 11) is 0. The van der Waals surface area contributed by atoms with E-state index in [-0.39, 0.29) is 11.9 Å². The van der Waals surface area contributed by atoms with Crippen molar-refractivity contribution in [3.8, 4) is 0 Å². The maximum Gasteiger partial charge on any atom is 0.251 e. The number of rotatable bonds is 8. The van der Waals surface area contributed by atoms with Gasteiger partial charge in [-0.25, -0.2) is 0 Å². The Balaban J connectivity index is 2.41. The van der Waals surface area contributed by atoms with Crippen molar-refractivity contribution in [3.63, 3.8) is 0 Å². The van der Waals surface area contributed by atoms with Crippen LogP contribution in [0.2, 0.25) is 0 Å². The number of carbonyl (C=O) groups excluding carboxylic acids is 1. The monoisotopic (exact) mass is 276 g/mol. The van der Waals surface area contributed by atoms with Gasteiger partial charge in [0.25, 0.3) is 5.91 Å². The van der Waals surface area contributed by atoms with Crippen LogP contribution in [-0.2, 0) is 0 Å². The van der Waals surface area contributed by atoms with Crippen LogP contribution in [0.5, 0.6) is 0 Å². The molecule has 2 N–H and O–H groups in total. The molecule has 1 atom stereocenters. The van der Waals surface area contributed by atoms with Gasteiger partial charge in [-0.2, -0.15) is 0 Å². The highest BCUT2D eigenvalue weighted by molar-refractivity contribution is 5.94. The maximum absolute atomic E-state index is 12.1. The summed E-state index contributed by atoms with van der Waals surface area (Å²) in [5, 5.41) is 6.28. The largest absolute Gasteiger partial charge is 0.385 e. The quantitative estimate of drug-likeness (QED) is 0.751. The molecule has 1 unspecified atom stereocenters. The molecule has 112 valence electrons. The summed E-state index contributed by atoms with van der Waals surface area (Å²) < 4.78 is 0. The molecule has 0 heterocycles. The van der Waals surface area contributed by atoms with Crippen LogP contribution in [0.25, 0.3) is 0 Å². The van der Waals surface area contributed by atoms with Crippen LogP contribution in [0.1, 0.15) is 57.3 Å². The number of benzene rings is 1. The Hall–Kier alpha value is -1.51. The van der Waals surface area contributed by atoms with E-state index in [0.29, 0.717) is 0 Å². The lowest BCUT2D eigenvalue weighted by Gasteiger charge is -2.14. The van der Waals surface area contributed by atoms with Crippen LogP contribution in [0.15, 0.2) is 24.3 Å². The molecule has 3 heteroatoms. The fourth-order valence-electron chi connectivity index (χ4n) is 2.16. The standard InChI is InChI=1S/C17H28N2O/c1-5-18-16-11-9-15(10-12-16)17(20)19-14(4)8-6-7-13(2)3/h9-14,18H,5-8H2,1-4H3,(H,19,20). The first-order valence-electron chi connectivity index (χ1n) is 7.67. The van der Waals surface area contributed by atoms with Crippen LogP contribution < -0.4 is 10.6 Å². The van der Waals surface area contributed by atoms with Crippen LogP contribution in [0.4, 0.5) is 5.69 Å². The van der Waals surface area contributed by atoms with Crippen molar-refractivity contribution in [1.82, 2.24) is 5.32 Å². The Morgan fingerprint density at radius 2 is 1.75 bits per heavy atom. The van der Waals surface area contributed by atoms with Crippen LogP contribution in [0, 0.1) is 5.92 Å². The molecule has 0 aliphatic carbocycles. The average Bonchev–Trinajstić information content (AvgIpc) is 2.39. The van der Waals surface area contributed by atoms with Crippen LogP contribution in [0.3, 0.4) is 0 Å². The summed E-state index contributed by atoms with van der Waals surface area (Å²) in [6, 6.07) is 7.86. The van der Waals surface area contributed by atoms with E-state index >= 15 is 0 Å². The van der Waals surface area contributed by atoms with Gasteiger partial charge in [0.1, 0.15) is 0 Å². The minimum Gasteiger partial charge on any atom is -0.385 e. The maximum atomic E-state index is 12.1. The molecule has 0 aliphatic heterocycles. The van der Waals surface area contributed by atoms with Crippen molar-refractivity contribution < 1.29 is 4.79 Å². The van der Waals surface area contributed by atoms with E-state index in [9.17, 15) is 4.79 Å². The average molecular weight is 276 g/mol. The topological polar surface area (TPSA) is 41.1 Å². The predicted molar refractivity (Wildman–Crippen MR) is 86.2 cm³/mol. The van der Waals surface area contributed by atoms with Crippen molar-refractivity contribution in [3.05, 3.63) is 29.8 Å². The molecule has 1 rings (SSSR count). The number of carbonyl (C=O) groups is 1. The predicted octanol–water partition coefficient (Wildman–Crippen LogP) is 4.06. The highest BCUT2D eigenvalue weighted by Gasteiger charge is 2.09. The fraction of sp³-hybridized carbons (Fsp3) is 0.588. The third-order valence-electron chi connectivity index (χ3n) is 3.32. The number of amides is 1. The van der Waals surface area contributed by atoms with Gasteiger partial charge in [-0.05, 0) is 50.5 Å². The molecule has 0 spiro atoms. The van der Waals surface area contributed by atoms with E-state index < -0.39 is 0 Å². The van der Waals surface area contributed by atoms with Crippen LogP contribution >= 0.6 is 0 Å². The Morgan fingerprint density at radius 1 is 1.10 bits per heavy atom. The molecule has 3 nitrogen and oxygen atoms in total. The summed E-state index contributed by atoms with van der Waals surface area (Å²) in [5.74, 6) is 0.751. The SMILES string of the molecule is CCNc1ccc(C(=O)NC(C)CCCC(C)C)cc1. The number of hydrogen-bond acceptors (Lipinski definition) is 2. The molecule has 0 saturated carbocycles. The molecular weight excluding hydrogens is 248 g/mol. The summed E-state index contributed by atoms with van der Waals surface area (Å²) in [4.78, 5) is 12.1. The molecular formula is C17H28N2O. The van der Waals surface area contributed by atoms with E-state index in [1.54, 1.807) is 0 Å². The third kappa shape index (κ3) is 6.09. The van der Waals surface area contributed by atoms with Gasteiger partial charge in [-0.1, -0.05) is 26.7 Å². The zero-order valence-corrected chi connectivity index (χ0v) is 13.2. The summed E-state index contributed by atoms with van der Waals surface area (Å²) >= 11 is 0. The lowest BCUT2D eigenvalue weighted by Crippen LogP contribution is -2.32. The molecule has 20 heavy (non-hydrogen) atoms. The molecule has 1 aromatic rings. The highest BCUT2D eigenvalue weighted by atomic mass is 16.1. The van der Waals surface area contributed by atoms with E-state index in [2.05, 4.69) is 38.3 Å². The Kier molecular flexibility index (Phi) is 7.13. The highest BCUT2D eigenvalue weighted by Crippen LogP contribution is 2.11. The molecule has 0 bridgehead atoms. The van der Waals surface area contributed by atoms with Gasteiger partial charge in [-0.3, -0.25) is 4.79 Å². The van der Waals surface area contributed by atoms with Gasteiger partial charge < -0.3 is 10.6 Å². The Morgan fingerprint density at radius 3 is 2.30 bits per heavy atom. The fourth-order valence-corrected chi connectivity index (χ4v) is 2.16. The van der Waals surface area contributed by atoms with Gasteiger partial charge >= 0.3 is 0 Å². The van der Waals surface area contributed by atoms with Gasteiger partial charge in [0.15, 0.2) is 0 Å². The second-order valence-corrected chi connectivity index (χ2v) is 5.81. The van der Waals surface area contributed by atoms with Crippen molar-refractivity contribution >= 4 is 11.6 Å².